The highest BCUT2D eigenvalue weighted by atomic mass is 35.5. The van der Waals surface area contributed by atoms with E-state index in [1.807, 2.05) is 6.07 Å². The van der Waals surface area contributed by atoms with Crippen LogP contribution < -0.4 is 4.74 Å². The van der Waals surface area contributed by atoms with Gasteiger partial charge < -0.3 is 9.47 Å². The number of hydrogen-bond donors (Lipinski definition) is 0. The molecule has 0 atom stereocenters. The summed E-state index contributed by atoms with van der Waals surface area (Å²) in [4.78, 5) is 11.5. The molecule has 0 aliphatic rings. The van der Waals surface area contributed by atoms with Gasteiger partial charge in [0, 0.05) is 5.88 Å². The number of carbonyl (C=O) groups excluding carboxylic acids is 1. The fourth-order valence-corrected chi connectivity index (χ4v) is 1.90. The molecule has 0 heterocycles. The van der Waals surface area contributed by atoms with Crippen molar-refractivity contribution in [2.24, 2.45) is 0 Å². The zero-order chi connectivity index (χ0) is 13.5. The van der Waals surface area contributed by atoms with Gasteiger partial charge in [0.05, 0.1) is 25.7 Å². The van der Waals surface area contributed by atoms with Crippen molar-refractivity contribution in [3.63, 3.8) is 0 Å². The van der Waals surface area contributed by atoms with Crippen molar-refractivity contribution in [2.45, 2.75) is 19.2 Å². The van der Waals surface area contributed by atoms with Crippen LogP contribution in [0.1, 0.15) is 23.6 Å². The van der Waals surface area contributed by atoms with Crippen molar-refractivity contribution in [3.05, 3.63) is 28.8 Å². The first-order valence-corrected chi connectivity index (χ1v) is 6.01. The van der Waals surface area contributed by atoms with E-state index in [-0.39, 0.29) is 18.3 Å². The van der Waals surface area contributed by atoms with Crippen molar-refractivity contribution in [1.82, 2.24) is 0 Å². The minimum atomic E-state index is -0.381. The number of halogens is 1. The summed E-state index contributed by atoms with van der Waals surface area (Å²) < 4.78 is 9.99. The van der Waals surface area contributed by atoms with E-state index in [1.165, 1.54) is 7.11 Å². The first kappa shape index (κ1) is 14.3. The number of benzene rings is 1. The van der Waals surface area contributed by atoms with Crippen molar-refractivity contribution in [1.29, 1.82) is 5.26 Å². The molecule has 5 heteroatoms. The van der Waals surface area contributed by atoms with E-state index in [0.717, 1.165) is 5.56 Å². The van der Waals surface area contributed by atoms with Crippen LogP contribution in [0.25, 0.3) is 0 Å². The monoisotopic (exact) mass is 267 g/mol. The SMILES string of the molecule is CCOC(=O)Cc1c(CCl)ccc(OC)c1C#N. The standard InChI is InChI=1S/C13H14ClNO3/c1-3-18-13(16)6-10-9(7-14)4-5-12(17-2)11(10)8-15/h4-5H,3,6-7H2,1-2H3. The Morgan fingerprint density at radius 1 is 1.50 bits per heavy atom. The molecule has 0 saturated carbocycles. The number of rotatable bonds is 5. The number of alkyl halides is 1. The van der Waals surface area contributed by atoms with Crippen molar-refractivity contribution in [3.8, 4) is 11.8 Å². The molecule has 0 radical (unpaired) electrons. The quantitative estimate of drug-likeness (QED) is 0.607. The lowest BCUT2D eigenvalue weighted by Crippen LogP contribution is -2.11. The Hall–Kier alpha value is -1.73. The van der Waals surface area contributed by atoms with E-state index in [4.69, 9.17) is 26.3 Å². The van der Waals surface area contributed by atoms with Crippen LogP contribution in [0.4, 0.5) is 0 Å². The second-order valence-electron chi connectivity index (χ2n) is 3.51. The number of nitrogens with zero attached hydrogens (tertiary/aromatic N) is 1. The number of methoxy groups -OCH3 is 1. The predicted octanol–water partition coefficient (Wildman–Crippen LogP) is 2.41. The first-order valence-electron chi connectivity index (χ1n) is 5.48. The normalized spacial score (nSPS) is 9.67. The minimum absolute atomic E-state index is 0.0238. The summed E-state index contributed by atoms with van der Waals surface area (Å²) in [5, 5.41) is 9.17. The van der Waals surface area contributed by atoms with E-state index in [1.54, 1.807) is 19.1 Å². The summed E-state index contributed by atoms with van der Waals surface area (Å²) in [6.45, 7) is 2.04. The van der Waals surface area contributed by atoms with E-state index < -0.39 is 0 Å². The van der Waals surface area contributed by atoms with Gasteiger partial charge >= 0.3 is 5.97 Å². The molecule has 0 aliphatic carbocycles. The summed E-state index contributed by atoms with van der Waals surface area (Å²) in [6.07, 6.45) is 0.0238. The van der Waals surface area contributed by atoms with Crippen LogP contribution in [0.3, 0.4) is 0 Å². The lowest BCUT2D eigenvalue weighted by atomic mass is 9.99. The Kier molecular flexibility index (Phi) is 5.47. The highest BCUT2D eigenvalue weighted by Gasteiger charge is 2.17. The molecular formula is C13H14ClNO3. The van der Waals surface area contributed by atoms with Crippen LogP contribution in [0.15, 0.2) is 12.1 Å². The Morgan fingerprint density at radius 3 is 2.72 bits per heavy atom. The summed E-state index contributed by atoms with van der Waals surface area (Å²) in [7, 11) is 1.48. The number of hydrogen-bond acceptors (Lipinski definition) is 4. The van der Waals surface area contributed by atoms with Gasteiger partial charge in [-0.3, -0.25) is 4.79 Å². The molecule has 0 saturated heterocycles. The zero-order valence-electron chi connectivity index (χ0n) is 10.3. The van der Waals surface area contributed by atoms with E-state index in [0.29, 0.717) is 23.5 Å². The lowest BCUT2D eigenvalue weighted by Gasteiger charge is -2.12. The summed E-state index contributed by atoms with van der Waals surface area (Å²) in [6, 6.07) is 5.47. The van der Waals surface area contributed by atoms with E-state index in [2.05, 4.69) is 0 Å². The second kappa shape index (κ2) is 6.87. The molecule has 18 heavy (non-hydrogen) atoms. The average Bonchev–Trinajstić information content (AvgIpc) is 2.38. The number of nitriles is 1. The minimum Gasteiger partial charge on any atom is -0.495 e. The topological polar surface area (TPSA) is 59.3 Å². The molecule has 0 aromatic heterocycles. The van der Waals surface area contributed by atoms with Crippen LogP contribution >= 0.6 is 11.6 Å². The van der Waals surface area contributed by atoms with Crippen molar-refractivity contribution >= 4 is 17.6 Å². The van der Waals surface area contributed by atoms with Gasteiger partial charge in [0.25, 0.3) is 0 Å². The Balaban J connectivity index is 3.20. The maximum atomic E-state index is 11.5. The van der Waals surface area contributed by atoms with Gasteiger partial charge in [-0.25, -0.2) is 0 Å². The van der Waals surface area contributed by atoms with Gasteiger partial charge in [-0.2, -0.15) is 5.26 Å². The fourth-order valence-electron chi connectivity index (χ4n) is 1.65. The van der Waals surface area contributed by atoms with Crippen LogP contribution in [-0.2, 0) is 21.8 Å². The third kappa shape index (κ3) is 3.14. The largest absolute Gasteiger partial charge is 0.495 e. The van der Waals surface area contributed by atoms with Crippen molar-refractivity contribution in [2.75, 3.05) is 13.7 Å². The van der Waals surface area contributed by atoms with Crippen LogP contribution in [-0.4, -0.2) is 19.7 Å². The highest BCUT2D eigenvalue weighted by molar-refractivity contribution is 6.17. The molecule has 0 fully saturated rings. The first-order chi connectivity index (χ1) is 8.67. The molecule has 0 bridgehead atoms. The van der Waals surface area contributed by atoms with Crippen LogP contribution in [0.2, 0.25) is 0 Å². The van der Waals surface area contributed by atoms with Gasteiger partial charge in [0.15, 0.2) is 0 Å². The Bertz CT molecular complexity index is 480. The number of ether oxygens (including phenoxy) is 2. The van der Waals surface area contributed by atoms with Gasteiger partial charge in [-0.1, -0.05) is 6.07 Å². The molecule has 4 nitrogen and oxygen atoms in total. The number of esters is 1. The molecule has 96 valence electrons. The van der Waals surface area contributed by atoms with Crippen LogP contribution in [0.5, 0.6) is 5.75 Å². The third-order valence-electron chi connectivity index (χ3n) is 2.47. The fraction of sp³-hybridized carbons (Fsp3) is 0.385. The van der Waals surface area contributed by atoms with Gasteiger partial charge in [-0.05, 0) is 24.1 Å². The molecule has 0 amide bonds. The highest BCUT2D eigenvalue weighted by Crippen LogP contribution is 2.26. The number of carbonyl (C=O) groups is 1. The second-order valence-corrected chi connectivity index (χ2v) is 3.77. The van der Waals surface area contributed by atoms with Gasteiger partial charge in [-0.15, -0.1) is 11.6 Å². The van der Waals surface area contributed by atoms with E-state index in [9.17, 15) is 4.79 Å². The summed E-state index contributed by atoms with van der Waals surface area (Å²) in [5.41, 5.74) is 1.65. The van der Waals surface area contributed by atoms with E-state index >= 15 is 0 Å². The lowest BCUT2D eigenvalue weighted by molar-refractivity contribution is -0.142. The molecule has 1 rings (SSSR count). The molecule has 0 unspecified atom stereocenters. The van der Waals surface area contributed by atoms with Crippen LogP contribution in [0, 0.1) is 11.3 Å². The predicted molar refractivity (Wildman–Crippen MR) is 67.6 cm³/mol. The maximum Gasteiger partial charge on any atom is 0.310 e. The Morgan fingerprint density at radius 2 is 2.22 bits per heavy atom. The molecule has 0 spiro atoms. The Labute approximate surface area is 111 Å². The molecule has 1 aromatic rings. The van der Waals surface area contributed by atoms with Gasteiger partial charge in [0.1, 0.15) is 11.8 Å². The van der Waals surface area contributed by atoms with Gasteiger partial charge in [0.2, 0.25) is 0 Å². The molecule has 0 N–H and O–H groups in total. The zero-order valence-corrected chi connectivity index (χ0v) is 11.1. The third-order valence-corrected chi connectivity index (χ3v) is 2.76. The average molecular weight is 268 g/mol. The maximum absolute atomic E-state index is 11.5. The molecule has 1 aromatic carbocycles. The summed E-state index contributed by atoms with van der Waals surface area (Å²) in [5.74, 6) is 0.284. The van der Waals surface area contributed by atoms with Crippen molar-refractivity contribution < 1.29 is 14.3 Å². The smallest absolute Gasteiger partial charge is 0.310 e. The molecular weight excluding hydrogens is 254 g/mol. The molecule has 0 aliphatic heterocycles. The summed E-state index contributed by atoms with van der Waals surface area (Å²) >= 11 is 5.81.